The molecule has 5 heteroatoms. The van der Waals surface area contributed by atoms with Gasteiger partial charge in [0.15, 0.2) is 5.76 Å². The second kappa shape index (κ2) is 6.09. The molecule has 1 aliphatic rings. The maximum atomic E-state index is 12.7. The summed E-state index contributed by atoms with van der Waals surface area (Å²) in [6.45, 7) is 0. The van der Waals surface area contributed by atoms with Gasteiger partial charge < -0.3 is 14.4 Å². The number of fused-ring (bicyclic) bond motifs is 2. The minimum atomic E-state index is -0.243. The number of allylic oxidation sites excluding steroid dienone is 1. The Morgan fingerprint density at radius 1 is 1.07 bits per heavy atom. The van der Waals surface area contributed by atoms with E-state index < -0.39 is 0 Å². The van der Waals surface area contributed by atoms with E-state index >= 15 is 0 Å². The predicted octanol–water partition coefficient (Wildman–Crippen LogP) is 4.56. The highest BCUT2D eigenvalue weighted by molar-refractivity contribution is 6.15. The molecule has 0 unspecified atom stereocenters. The van der Waals surface area contributed by atoms with Gasteiger partial charge in [0, 0.05) is 30.4 Å². The second-order valence-corrected chi connectivity index (χ2v) is 6.74. The molecule has 1 aliphatic heterocycles. The van der Waals surface area contributed by atoms with Gasteiger partial charge in [-0.25, -0.2) is 4.98 Å². The Labute approximate surface area is 161 Å². The van der Waals surface area contributed by atoms with E-state index in [1.807, 2.05) is 42.1 Å². The van der Waals surface area contributed by atoms with Crippen molar-refractivity contribution >= 4 is 22.9 Å². The summed E-state index contributed by atoms with van der Waals surface area (Å²) >= 11 is 0. The van der Waals surface area contributed by atoms with Gasteiger partial charge in [-0.3, -0.25) is 4.79 Å². The number of phenols is 1. The number of phenolic OH excluding ortho intramolecular Hbond substituents is 1. The van der Waals surface area contributed by atoms with Crippen molar-refractivity contribution in [3.05, 3.63) is 83.9 Å². The van der Waals surface area contributed by atoms with Crippen LogP contribution in [-0.4, -0.2) is 20.4 Å². The van der Waals surface area contributed by atoms with Crippen LogP contribution in [0.5, 0.6) is 11.5 Å². The number of nitrogens with zero attached hydrogens (tertiary/aromatic N) is 2. The van der Waals surface area contributed by atoms with E-state index in [4.69, 9.17) is 4.74 Å². The minimum Gasteiger partial charge on any atom is -0.508 e. The topological polar surface area (TPSA) is 64.3 Å². The first-order valence-corrected chi connectivity index (χ1v) is 8.88. The highest BCUT2D eigenvalue weighted by Crippen LogP contribution is 2.36. The van der Waals surface area contributed by atoms with E-state index in [9.17, 15) is 9.90 Å². The summed E-state index contributed by atoms with van der Waals surface area (Å²) in [6, 6.07) is 16.6. The molecular formula is C23H16N2O3. The first kappa shape index (κ1) is 16.3. The van der Waals surface area contributed by atoms with Gasteiger partial charge in [-0.2, -0.15) is 0 Å². The molecule has 0 spiro atoms. The van der Waals surface area contributed by atoms with Crippen molar-refractivity contribution in [1.82, 2.24) is 9.55 Å². The van der Waals surface area contributed by atoms with Crippen LogP contribution >= 0.6 is 0 Å². The molecule has 2 aromatic carbocycles. The van der Waals surface area contributed by atoms with Gasteiger partial charge in [-0.05, 0) is 41.5 Å². The number of aromatic hydroxyl groups is 1. The smallest absolute Gasteiger partial charge is 0.232 e. The van der Waals surface area contributed by atoms with Crippen molar-refractivity contribution in [3.8, 4) is 22.6 Å². The van der Waals surface area contributed by atoms with Crippen LogP contribution in [-0.2, 0) is 7.05 Å². The second-order valence-electron chi connectivity index (χ2n) is 6.74. The summed E-state index contributed by atoms with van der Waals surface area (Å²) in [6.07, 6.45) is 5.47. The van der Waals surface area contributed by atoms with E-state index in [1.165, 1.54) is 12.1 Å². The fraction of sp³-hybridized carbons (Fsp3) is 0.0435. The van der Waals surface area contributed by atoms with Gasteiger partial charge in [0.25, 0.3) is 0 Å². The number of carbonyl (C=O) groups is 1. The quantitative estimate of drug-likeness (QED) is 0.527. The van der Waals surface area contributed by atoms with Crippen LogP contribution in [0.1, 0.15) is 15.9 Å². The van der Waals surface area contributed by atoms with E-state index in [0.717, 1.165) is 27.7 Å². The average Bonchev–Trinajstić information content (AvgIpc) is 3.20. The molecule has 0 amide bonds. The molecule has 0 aliphatic carbocycles. The van der Waals surface area contributed by atoms with Crippen LogP contribution in [0.2, 0.25) is 0 Å². The van der Waals surface area contributed by atoms with Gasteiger partial charge in [-0.1, -0.05) is 30.3 Å². The molecule has 2 aromatic heterocycles. The number of hydrogen-bond donors (Lipinski definition) is 1. The van der Waals surface area contributed by atoms with E-state index in [2.05, 4.69) is 17.1 Å². The molecular weight excluding hydrogens is 352 g/mol. The van der Waals surface area contributed by atoms with Crippen LogP contribution in [0.4, 0.5) is 0 Å². The lowest BCUT2D eigenvalue weighted by Crippen LogP contribution is -1.98. The van der Waals surface area contributed by atoms with Crippen LogP contribution < -0.4 is 4.74 Å². The van der Waals surface area contributed by atoms with Gasteiger partial charge in [0.05, 0.1) is 5.56 Å². The first-order chi connectivity index (χ1) is 13.6. The number of pyridine rings is 1. The number of ether oxygens (including phenoxy) is 1. The Hall–Kier alpha value is -3.86. The van der Waals surface area contributed by atoms with E-state index in [1.54, 1.807) is 18.3 Å². The van der Waals surface area contributed by atoms with E-state index in [0.29, 0.717) is 11.3 Å². The summed E-state index contributed by atoms with van der Waals surface area (Å²) < 4.78 is 7.69. The first-order valence-electron chi connectivity index (χ1n) is 8.88. The third-order valence-electron chi connectivity index (χ3n) is 4.91. The van der Waals surface area contributed by atoms with Gasteiger partial charge in [-0.15, -0.1) is 0 Å². The van der Waals surface area contributed by atoms with Crippen LogP contribution in [0.3, 0.4) is 0 Å². The minimum absolute atomic E-state index is 0.0395. The molecule has 136 valence electrons. The van der Waals surface area contributed by atoms with Crippen molar-refractivity contribution in [3.63, 3.8) is 0 Å². The molecule has 0 bridgehead atoms. The largest absolute Gasteiger partial charge is 0.508 e. The van der Waals surface area contributed by atoms with Crippen molar-refractivity contribution in [2.75, 3.05) is 0 Å². The summed E-state index contributed by atoms with van der Waals surface area (Å²) in [5.74, 6) is 0.484. The zero-order valence-corrected chi connectivity index (χ0v) is 15.1. The number of rotatable bonds is 2. The standard InChI is InChI=1S/C23H16N2O3/c1-25-13-15(11-20-22(27)18-12-16(26)7-8-19(18)28-20)21-17(9-10-24-23(21)25)14-5-3-2-4-6-14/h2-13,26H,1H3. The van der Waals surface area contributed by atoms with Gasteiger partial charge >= 0.3 is 0 Å². The summed E-state index contributed by atoms with van der Waals surface area (Å²) in [5.41, 5.74) is 4.16. The molecule has 5 rings (SSSR count). The number of aromatic nitrogens is 2. The number of aryl methyl sites for hydroxylation is 1. The molecule has 3 heterocycles. The predicted molar refractivity (Wildman–Crippen MR) is 107 cm³/mol. The molecule has 0 fully saturated rings. The molecule has 0 radical (unpaired) electrons. The Kier molecular flexibility index (Phi) is 3.55. The maximum absolute atomic E-state index is 12.7. The SMILES string of the molecule is Cn1cc(C=C2Oc3ccc(O)cc3C2=O)c2c(-c3ccccc3)ccnc21. The maximum Gasteiger partial charge on any atom is 0.232 e. The third kappa shape index (κ3) is 2.48. The molecule has 0 saturated carbocycles. The third-order valence-corrected chi connectivity index (χ3v) is 4.91. The molecule has 1 N–H and O–H groups in total. The number of carbonyl (C=O) groups excluding carboxylic acids is 1. The zero-order valence-electron chi connectivity index (χ0n) is 15.1. The van der Waals surface area contributed by atoms with Crippen molar-refractivity contribution in [1.29, 1.82) is 0 Å². The molecule has 28 heavy (non-hydrogen) atoms. The summed E-state index contributed by atoms with van der Waals surface area (Å²) in [7, 11) is 1.93. The fourth-order valence-electron chi connectivity index (χ4n) is 3.62. The highest BCUT2D eigenvalue weighted by Gasteiger charge is 2.28. The lowest BCUT2D eigenvalue weighted by Gasteiger charge is -2.05. The van der Waals surface area contributed by atoms with Gasteiger partial charge in [0.2, 0.25) is 5.78 Å². The highest BCUT2D eigenvalue weighted by atomic mass is 16.5. The van der Waals surface area contributed by atoms with E-state index in [-0.39, 0.29) is 17.3 Å². The lowest BCUT2D eigenvalue weighted by atomic mass is 10.0. The van der Waals surface area contributed by atoms with Crippen molar-refractivity contribution in [2.45, 2.75) is 0 Å². The number of Topliss-reactive ketones (excluding diaryl/α,β-unsaturated/α-hetero) is 1. The van der Waals surface area contributed by atoms with Crippen LogP contribution in [0.15, 0.2) is 72.8 Å². The fourth-order valence-corrected chi connectivity index (χ4v) is 3.62. The average molecular weight is 368 g/mol. The number of ketones is 1. The Morgan fingerprint density at radius 3 is 2.71 bits per heavy atom. The Balaban J connectivity index is 1.69. The van der Waals surface area contributed by atoms with Gasteiger partial charge in [0.1, 0.15) is 17.1 Å². The van der Waals surface area contributed by atoms with Crippen LogP contribution in [0, 0.1) is 0 Å². The van der Waals surface area contributed by atoms with Crippen molar-refractivity contribution in [2.24, 2.45) is 7.05 Å². The lowest BCUT2D eigenvalue weighted by molar-refractivity contribution is 0.101. The number of hydrogen-bond acceptors (Lipinski definition) is 4. The zero-order chi connectivity index (χ0) is 19.3. The summed E-state index contributed by atoms with van der Waals surface area (Å²) in [4.78, 5) is 17.2. The Morgan fingerprint density at radius 2 is 1.89 bits per heavy atom. The monoisotopic (exact) mass is 368 g/mol. The summed E-state index contributed by atoms with van der Waals surface area (Å²) in [5, 5.41) is 10.6. The molecule has 0 saturated heterocycles. The molecule has 4 aromatic rings. The van der Waals surface area contributed by atoms with Crippen LogP contribution in [0.25, 0.3) is 28.2 Å². The van der Waals surface area contributed by atoms with Crippen molar-refractivity contribution < 1.29 is 14.6 Å². The molecule has 5 nitrogen and oxygen atoms in total. The normalized spacial score (nSPS) is 14.5. The molecule has 0 atom stereocenters. The number of benzene rings is 2. The Bertz CT molecular complexity index is 1270.